The number of nitrogens with one attached hydrogen (secondary N) is 1. The van der Waals surface area contributed by atoms with Crippen LogP contribution in [0.15, 0.2) is 59.8 Å². The van der Waals surface area contributed by atoms with Gasteiger partial charge in [0.05, 0.1) is 24.1 Å². The van der Waals surface area contributed by atoms with Gasteiger partial charge >= 0.3 is 5.69 Å². The van der Waals surface area contributed by atoms with Crippen LogP contribution in [0.4, 0.5) is 0 Å². The molecule has 0 radical (unpaired) electrons. The number of rotatable bonds is 5. The summed E-state index contributed by atoms with van der Waals surface area (Å²) in [5.41, 5.74) is 6.92. The van der Waals surface area contributed by atoms with Crippen LogP contribution >= 0.6 is 0 Å². The van der Waals surface area contributed by atoms with Gasteiger partial charge in [-0.3, -0.25) is 14.2 Å². The fourth-order valence-corrected chi connectivity index (χ4v) is 4.13. The van der Waals surface area contributed by atoms with Gasteiger partial charge in [-0.25, -0.2) is 14.8 Å². The second-order valence-electron chi connectivity index (χ2n) is 8.57. The molecular formula is C25H25N7O. The Morgan fingerprint density at radius 3 is 2.58 bits per heavy atom. The van der Waals surface area contributed by atoms with Gasteiger partial charge in [0.25, 0.3) is 0 Å². The molecule has 0 fully saturated rings. The van der Waals surface area contributed by atoms with Gasteiger partial charge < -0.3 is 4.98 Å². The van der Waals surface area contributed by atoms with Gasteiger partial charge in [0.2, 0.25) is 0 Å². The van der Waals surface area contributed by atoms with Crippen LogP contribution in [0.3, 0.4) is 0 Å². The summed E-state index contributed by atoms with van der Waals surface area (Å²) in [6.45, 7) is 6.63. The first-order valence-electron chi connectivity index (χ1n) is 10.9. The van der Waals surface area contributed by atoms with Gasteiger partial charge in [-0.1, -0.05) is 38.1 Å². The summed E-state index contributed by atoms with van der Waals surface area (Å²) in [6, 6.07) is 12.0. The largest absolute Gasteiger partial charge is 0.328 e. The van der Waals surface area contributed by atoms with Gasteiger partial charge in [-0.05, 0) is 36.1 Å². The Morgan fingerprint density at radius 2 is 1.88 bits per heavy atom. The van der Waals surface area contributed by atoms with E-state index in [0.717, 1.165) is 33.6 Å². The highest BCUT2D eigenvalue weighted by molar-refractivity contribution is 5.73. The quantitative estimate of drug-likeness (QED) is 0.446. The Balaban J connectivity index is 1.51. The number of hydrogen-bond acceptors (Lipinski definition) is 5. The van der Waals surface area contributed by atoms with Crippen LogP contribution in [-0.4, -0.2) is 34.3 Å². The van der Waals surface area contributed by atoms with E-state index in [0.29, 0.717) is 23.5 Å². The van der Waals surface area contributed by atoms with E-state index in [-0.39, 0.29) is 11.6 Å². The smallest absolute Gasteiger partial charge is 0.303 e. The Kier molecular flexibility index (Phi) is 5.12. The number of aryl methyl sites for hydroxylation is 2. The van der Waals surface area contributed by atoms with Gasteiger partial charge in [0.15, 0.2) is 11.5 Å². The number of benzene rings is 1. The van der Waals surface area contributed by atoms with Crippen LogP contribution in [0.2, 0.25) is 0 Å². The van der Waals surface area contributed by atoms with Crippen molar-refractivity contribution in [1.82, 2.24) is 34.3 Å². The minimum absolute atomic E-state index is 0.212. The Hall–Kier alpha value is -4.07. The van der Waals surface area contributed by atoms with Gasteiger partial charge in [0.1, 0.15) is 5.52 Å². The van der Waals surface area contributed by atoms with Crippen molar-refractivity contribution >= 4 is 11.2 Å². The highest BCUT2D eigenvalue weighted by Gasteiger charge is 2.16. The summed E-state index contributed by atoms with van der Waals surface area (Å²) in [7, 11) is 1.92. The standard InChI is InChI=1S/C25H25N7O/c1-15(2)21-19(6-5-11-26-21)23-27-12-20-24(29-23)32(25(33)28-20)14-17-7-9-18(10-8-17)22-16(3)13-31(4)30-22/h5-13,15H,14H2,1-4H3,(H,28,33). The Bertz CT molecular complexity index is 1510. The number of pyridine rings is 1. The fraction of sp³-hybridized carbons (Fsp3) is 0.240. The second-order valence-corrected chi connectivity index (χ2v) is 8.57. The van der Waals surface area contributed by atoms with Crippen LogP contribution in [0.1, 0.15) is 36.6 Å². The zero-order valence-corrected chi connectivity index (χ0v) is 19.1. The second kappa shape index (κ2) is 8.12. The summed E-state index contributed by atoms with van der Waals surface area (Å²) in [6.07, 6.45) is 5.44. The lowest BCUT2D eigenvalue weighted by Gasteiger charge is -2.10. The first-order chi connectivity index (χ1) is 15.9. The van der Waals surface area contributed by atoms with E-state index in [1.165, 1.54) is 0 Å². The lowest BCUT2D eigenvalue weighted by Crippen LogP contribution is -2.17. The molecule has 0 unspecified atom stereocenters. The van der Waals surface area contributed by atoms with Crippen molar-refractivity contribution in [3.63, 3.8) is 0 Å². The van der Waals surface area contributed by atoms with Crippen molar-refractivity contribution in [3.05, 3.63) is 82.3 Å². The van der Waals surface area contributed by atoms with Crippen molar-refractivity contribution in [3.8, 4) is 22.6 Å². The maximum Gasteiger partial charge on any atom is 0.328 e. The average Bonchev–Trinajstić information content (AvgIpc) is 3.31. The molecule has 0 aliphatic carbocycles. The van der Waals surface area contributed by atoms with E-state index < -0.39 is 0 Å². The van der Waals surface area contributed by atoms with Gasteiger partial charge in [-0.2, -0.15) is 5.10 Å². The van der Waals surface area contributed by atoms with E-state index >= 15 is 0 Å². The number of H-pyrrole nitrogens is 1. The summed E-state index contributed by atoms with van der Waals surface area (Å²) >= 11 is 0. The van der Waals surface area contributed by atoms with Crippen LogP contribution in [-0.2, 0) is 13.6 Å². The SMILES string of the molecule is Cc1cn(C)nc1-c1ccc(Cn2c(=O)[nH]c3cnc(-c4cccnc4C(C)C)nc32)cc1. The van der Waals surface area contributed by atoms with Crippen molar-refractivity contribution in [2.45, 2.75) is 33.2 Å². The van der Waals surface area contributed by atoms with Crippen molar-refractivity contribution in [1.29, 1.82) is 0 Å². The predicted octanol–water partition coefficient (Wildman–Crippen LogP) is 4.06. The lowest BCUT2D eigenvalue weighted by atomic mass is 10.0. The molecular weight excluding hydrogens is 414 g/mol. The summed E-state index contributed by atoms with van der Waals surface area (Å²) in [5.74, 6) is 0.795. The topological polar surface area (TPSA) is 94.3 Å². The molecule has 0 bridgehead atoms. The molecule has 8 nitrogen and oxygen atoms in total. The predicted molar refractivity (Wildman–Crippen MR) is 128 cm³/mol. The fourth-order valence-electron chi connectivity index (χ4n) is 4.13. The highest BCUT2D eigenvalue weighted by Crippen LogP contribution is 2.26. The maximum absolute atomic E-state index is 12.7. The normalized spacial score (nSPS) is 11.5. The molecule has 4 aromatic heterocycles. The molecule has 8 heteroatoms. The third kappa shape index (κ3) is 3.84. The van der Waals surface area contributed by atoms with Crippen LogP contribution in [0.25, 0.3) is 33.8 Å². The number of hydrogen-bond donors (Lipinski definition) is 1. The van der Waals surface area contributed by atoms with E-state index in [9.17, 15) is 4.79 Å². The third-order valence-electron chi connectivity index (χ3n) is 5.72. The summed E-state index contributed by atoms with van der Waals surface area (Å²) < 4.78 is 3.46. The maximum atomic E-state index is 12.7. The van der Waals surface area contributed by atoms with Gasteiger partial charge in [0, 0.05) is 30.6 Å². The third-order valence-corrected chi connectivity index (χ3v) is 5.72. The molecule has 1 N–H and O–H groups in total. The molecule has 0 spiro atoms. The first kappa shape index (κ1) is 20.8. The lowest BCUT2D eigenvalue weighted by molar-refractivity contribution is 0.769. The molecule has 0 amide bonds. The average molecular weight is 440 g/mol. The first-order valence-corrected chi connectivity index (χ1v) is 10.9. The van der Waals surface area contributed by atoms with Crippen molar-refractivity contribution in [2.75, 3.05) is 0 Å². The molecule has 0 aliphatic heterocycles. The molecule has 4 heterocycles. The van der Waals surface area contributed by atoms with Crippen LogP contribution in [0, 0.1) is 6.92 Å². The molecule has 0 saturated heterocycles. The van der Waals surface area contributed by atoms with E-state index in [1.807, 2.05) is 61.2 Å². The molecule has 1 aromatic carbocycles. The minimum atomic E-state index is -0.212. The summed E-state index contributed by atoms with van der Waals surface area (Å²) in [4.78, 5) is 29.3. The van der Waals surface area contributed by atoms with E-state index in [2.05, 4.69) is 33.9 Å². The number of fused-ring (bicyclic) bond motifs is 1. The van der Waals surface area contributed by atoms with E-state index in [1.54, 1.807) is 17.0 Å². The van der Waals surface area contributed by atoms with Crippen LogP contribution in [0.5, 0.6) is 0 Å². The number of aromatic nitrogens is 7. The zero-order chi connectivity index (χ0) is 23.1. The molecule has 0 aliphatic rings. The number of imidazole rings is 1. The molecule has 0 saturated carbocycles. The van der Waals surface area contributed by atoms with E-state index in [4.69, 9.17) is 4.98 Å². The Morgan fingerprint density at radius 1 is 1.09 bits per heavy atom. The number of nitrogens with zero attached hydrogens (tertiary/aromatic N) is 6. The molecule has 5 rings (SSSR count). The van der Waals surface area contributed by atoms with Crippen molar-refractivity contribution < 1.29 is 0 Å². The van der Waals surface area contributed by atoms with Gasteiger partial charge in [-0.15, -0.1) is 0 Å². The molecule has 5 aromatic rings. The van der Waals surface area contributed by atoms with Crippen molar-refractivity contribution in [2.24, 2.45) is 7.05 Å². The number of aromatic amines is 1. The molecule has 0 atom stereocenters. The minimum Gasteiger partial charge on any atom is -0.303 e. The monoisotopic (exact) mass is 439 g/mol. The zero-order valence-electron chi connectivity index (χ0n) is 19.1. The summed E-state index contributed by atoms with van der Waals surface area (Å²) in [5, 5.41) is 4.53. The molecule has 166 valence electrons. The highest BCUT2D eigenvalue weighted by atomic mass is 16.1. The Labute approximate surface area is 191 Å². The van der Waals surface area contributed by atoms with Crippen LogP contribution < -0.4 is 5.69 Å². The molecule has 33 heavy (non-hydrogen) atoms.